The molecule has 0 spiro atoms. The highest BCUT2D eigenvalue weighted by Crippen LogP contribution is 2.14. The molecule has 2 N–H and O–H groups in total. The van der Waals surface area contributed by atoms with Crippen molar-refractivity contribution in [2.45, 2.75) is 0 Å². The van der Waals surface area contributed by atoms with E-state index in [-0.39, 0.29) is 0 Å². The van der Waals surface area contributed by atoms with Crippen LogP contribution in [0.3, 0.4) is 0 Å². The van der Waals surface area contributed by atoms with Gasteiger partial charge in [-0.2, -0.15) is 0 Å². The average Bonchev–Trinajstić information content (AvgIpc) is 2.53. The highest BCUT2D eigenvalue weighted by molar-refractivity contribution is 6.42. The fourth-order valence-electron chi connectivity index (χ4n) is 1.58. The van der Waals surface area contributed by atoms with Gasteiger partial charge in [0.05, 0.1) is 12.8 Å². The Morgan fingerprint density at radius 1 is 0.950 bits per heavy atom. The molecule has 0 heterocycles. The van der Waals surface area contributed by atoms with Crippen molar-refractivity contribution in [3.8, 4) is 5.75 Å². The molecule has 0 unspecified atom stereocenters. The Morgan fingerprint density at radius 3 is 2.20 bits per heavy atom. The van der Waals surface area contributed by atoms with Crippen LogP contribution in [0.2, 0.25) is 0 Å². The molecule has 2 rings (SSSR count). The van der Waals surface area contributed by atoms with Crippen molar-refractivity contribution in [2.75, 3.05) is 12.5 Å². The summed E-state index contributed by atoms with van der Waals surface area (Å²) in [7, 11) is 1.57. The maximum Gasteiger partial charge on any atom is 0.310 e. The number of benzene rings is 2. The molecule has 0 fully saturated rings. The van der Waals surface area contributed by atoms with Crippen molar-refractivity contribution in [3.63, 3.8) is 0 Å². The number of methoxy groups -OCH3 is 1. The second-order valence-corrected chi connectivity index (χ2v) is 4.00. The van der Waals surface area contributed by atoms with Crippen molar-refractivity contribution in [2.24, 2.45) is 0 Å². The van der Waals surface area contributed by atoms with Gasteiger partial charge in [0.15, 0.2) is 0 Å². The van der Waals surface area contributed by atoms with E-state index in [0.29, 0.717) is 17.0 Å². The molecule has 1 amide bonds. The molecule has 0 saturated heterocycles. The zero-order chi connectivity index (χ0) is 14.4. The summed E-state index contributed by atoms with van der Waals surface area (Å²) in [5.41, 5.74) is 6.03. The van der Waals surface area contributed by atoms with Crippen LogP contribution in [-0.4, -0.2) is 18.8 Å². The topological polar surface area (TPSA) is 67.4 Å². The predicted octanol–water partition coefficient (Wildman–Crippen LogP) is 2.02. The molecular weight excluding hydrogens is 256 g/mol. The van der Waals surface area contributed by atoms with Crippen molar-refractivity contribution < 1.29 is 14.3 Å². The van der Waals surface area contributed by atoms with Crippen molar-refractivity contribution in [1.82, 2.24) is 5.43 Å². The first-order valence-electron chi connectivity index (χ1n) is 6.00. The van der Waals surface area contributed by atoms with Crippen LogP contribution < -0.4 is 15.6 Å². The predicted molar refractivity (Wildman–Crippen MR) is 75.5 cm³/mol. The number of anilines is 1. The number of hydrazine groups is 1. The minimum absolute atomic E-state index is 0.349. The Morgan fingerprint density at radius 2 is 1.60 bits per heavy atom. The number of Topliss-reactive ketones (excluding diaryl/α,β-unsaturated/α-hetero) is 1. The van der Waals surface area contributed by atoms with Gasteiger partial charge in [0.2, 0.25) is 0 Å². The quantitative estimate of drug-likeness (QED) is 0.495. The highest BCUT2D eigenvalue weighted by Gasteiger charge is 2.15. The van der Waals surface area contributed by atoms with Gasteiger partial charge >= 0.3 is 5.91 Å². The number of carbonyl (C=O) groups is 2. The van der Waals surface area contributed by atoms with Crippen LogP contribution in [0, 0.1) is 0 Å². The van der Waals surface area contributed by atoms with E-state index in [2.05, 4.69) is 10.9 Å². The van der Waals surface area contributed by atoms with Gasteiger partial charge in [0.25, 0.3) is 5.78 Å². The first-order chi connectivity index (χ1) is 9.70. The lowest BCUT2D eigenvalue weighted by Crippen LogP contribution is -2.35. The van der Waals surface area contributed by atoms with Crippen LogP contribution in [-0.2, 0) is 4.79 Å². The third-order valence-electron chi connectivity index (χ3n) is 2.65. The van der Waals surface area contributed by atoms with Crippen molar-refractivity contribution in [3.05, 3.63) is 60.2 Å². The third-order valence-corrected chi connectivity index (χ3v) is 2.65. The Bertz CT molecular complexity index is 594. The van der Waals surface area contributed by atoms with Crippen LogP contribution in [0.25, 0.3) is 0 Å². The molecule has 0 aliphatic rings. The first kappa shape index (κ1) is 13.6. The van der Waals surface area contributed by atoms with Crippen LogP contribution >= 0.6 is 0 Å². The molecular formula is C15H14N2O3. The zero-order valence-corrected chi connectivity index (χ0v) is 10.9. The maximum atomic E-state index is 11.8. The molecule has 102 valence electrons. The normalized spacial score (nSPS) is 9.65. The second kappa shape index (κ2) is 6.38. The standard InChI is InChI=1S/C15H14N2O3/c1-20-13-9-7-12(8-10-13)16-17-15(19)14(18)11-5-3-2-4-6-11/h2-10,16H,1H3,(H,17,19). The van der Waals surface area contributed by atoms with Gasteiger partial charge in [-0.1, -0.05) is 30.3 Å². The maximum absolute atomic E-state index is 11.8. The van der Waals surface area contributed by atoms with Gasteiger partial charge in [-0.05, 0) is 24.3 Å². The molecule has 0 radical (unpaired) electrons. The fourth-order valence-corrected chi connectivity index (χ4v) is 1.58. The number of rotatable bonds is 5. The summed E-state index contributed by atoms with van der Waals surface area (Å²) in [6, 6.07) is 15.3. The van der Waals surface area contributed by atoms with Gasteiger partial charge in [-0.3, -0.25) is 20.4 Å². The van der Waals surface area contributed by atoms with Gasteiger partial charge < -0.3 is 4.74 Å². The fraction of sp³-hybridized carbons (Fsp3) is 0.0667. The number of amides is 1. The van der Waals surface area contributed by atoms with Crippen molar-refractivity contribution in [1.29, 1.82) is 0 Å². The molecule has 5 nitrogen and oxygen atoms in total. The van der Waals surface area contributed by atoms with Crippen LogP contribution in [0.1, 0.15) is 10.4 Å². The van der Waals surface area contributed by atoms with Gasteiger partial charge in [-0.25, -0.2) is 0 Å². The summed E-state index contributed by atoms with van der Waals surface area (Å²) < 4.78 is 5.02. The van der Waals surface area contributed by atoms with E-state index in [9.17, 15) is 9.59 Å². The van der Waals surface area contributed by atoms with Gasteiger partial charge in [-0.15, -0.1) is 0 Å². The van der Waals surface area contributed by atoms with E-state index in [1.54, 1.807) is 61.7 Å². The lowest BCUT2D eigenvalue weighted by molar-refractivity contribution is -0.116. The summed E-state index contributed by atoms with van der Waals surface area (Å²) in [6.07, 6.45) is 0. The zero-order valence-electron chi connectivity index (χ0n) is 10.9. The number of carbonyl (C=O) groups excluding carboxylic acids is 2. The number of hydrogen-bond donors (Lipinski definition) is 2. The monoisotopic (exact) mass is 270 g/mol. The van der Waals surface area contributed by atoms with E-state index in [1.165, 1.54) is 0 Å². The molecule has 5 heteroatoms. The number of nitrogens with one attached hydrogen (secondary N) is 2. The van der Waals surface area contributed by atoms with E-state index in [0.717, 1.165) is 0 Å². The second-order valence-electron chi connectivity index (χ2n) is 4.00. The molecule has 0 saturated carbocycles. The highest BCUT2D eigenvalue weighted by atomic mass is 16.5. The largest absolute Gasteiger partial charge is 0.497 e. The minimum Gasteiger partial charge on any atom is -0.497 e. The van der Waals surface area contributed by atoms with Gasteiger partial charge in [0.1, 0.15) is 5.75 Å². The van der Waals surface area contributed by atoms with Crippen LogP contribution in [0.5, 0.6) is 5.75 Å². The number of ketones is 1. The lowest BCUT2D eigenvalue weighted by Gasteiger charge is -2.08. The molecule has 20 heavy (non-hydrogen) atoms. The number of ether oxygens (including phenoxy) is 1. The van der Waals surface area contributed by atoms with E-state index in [1.807, 2.05) is 0 Å². The lowest BCUT2D eigenvalue weighted by atomic mass is 10.1. The van der Waals surface area contributed by atoms with Crippen molar-refractivity contribution >= 4 is 17.4 Å². The minimum atomic E-state index is -0.716. The molecule has 0 aliphatic carbocycles. The summed E-state index contributed by atoms with van der Waals surface area (Å²) >= 11 is 0. The average molecular weight is 270 g/mol. The SMILES string of the molecule is COc1ccc(NNC(=O)C(=O)c2ccccc2)cc1. The third kappa shape index (κ3) is 3.35. The van der Waals surface area contributed by atoms with E-state index in [4.69, 9.17) is 4.74 Å². The first-order valence-corrected chi connectivity index (χ1v) is 6.00. The Kier molecular flexibility index (Phi) is 4.34. The Balaban J connectivity index is 1.93. The molecule has 0 atom stereocenters. The molecule has 0 aliphatic heterocycles. The molecule has 0 bridgehead atoms. The smallest absolute Gasteiger partial charge is 0.310 e. The van der Waals surface area contributed by atoms with Gasteiger partial charge in [0, 0.05) is 5.56 Å². The summed E-state index contributed by atoms with van der Waals surface area (Å²) in [6.45, 7) is 0. The summed E-state index contributed by atoms with van der Waals surface area (Å²) in [5, 5.41) is 0. The van der Waals surface area contributed by atoms with E-state index < -0.39 is 11.7 Å². The molecule has 0 aromatic heterocycles. The Hall–Kier alpha value is -2.82. The van der Waals surface area contributed by atoms with Crippen LogP contribution in [0.4, 0.5) is 5.69 Å². The Labute approximate surface area is 116 Å². The molecule has 2 aromatic carbocycles. The summed E-state index contributed by atoms with van der Waals surface area (Å²) in [5.74, 6) is -0.596. The van der Waals surface area contributed by atoms with Crippen LogP contribution in [0.15, 0.2) is 54.6 Å². The summed E-state index contributed by atoms with van der Waals surface area (Å²) in [4.78, 5) is 23.5. The van der Waals surface area contributed by atoms with E-state index >= 15 is 0 Å². The number of hydrogen-bond acceptors (Lipinski definition) is 4. The molecule has 2 aromatic rings.